The number of ether oxygens (including phenoxy) is 1. The Bertz CT molecular complexity index is 538. The molecule has 2 atom stereocenters. The lowest BCUT2D eigenvalue weighted by Crippen LogP contribution is -2.19. The highest BCUT2D eigenvalue weighted by Gasteiger charge is 2.22. The Labute approximate surface area is 122 Å². The minimum absolute atomic E-state index is 0.00208. The van der Waals surface area contributed by atoms with Gasteiger partial charge in [0.2, 0.25) is 0 Å². The maximum absolute atomic E-state index is 12.3. The second kappa shape index (κ2) is 7.09. The molecule has 114 valence electrons. The molecule has 0 aromatic heterocycles. The van der Waals surface area contributed by atoms with Crippen LogP contribution in [0.5, 0.6) is 5.75 Å². The SMILES string of the molecule is CCOc1ccc(C(C)N)cc1CS(=O)(=O)C(C)CC. The van der Waals surface area contributed by atoms with E-state index in [1.165, 1.54) is 0 Å². The summed E-state index contributed by atoms with van der Waals surface area (Å²) in [6.45, 7) is 7.89. The van der Waals surface area contributed by atoms with Crippen molar-refractivity contribution in [1.82, 2.24) is 0 Å². The quantitative estimate of drug-likeness (QED) is 0.840. The zero-order chi connectivity index (χ0) is 15.3. The van der Waals surface area contributed by atoms with Crippen molar-refractivity contribution in [3.05, 3.63) is 29.3 Å². The van der Waals surface area contributed by atoms with Gasteiger partial charge in [-0.25, -0.2) is 8.42 Å². The molecule has 0 spiro atoms. The van der Waals surface area contributed by atoms with Gasteiger partial charge in [-0.3, -0.25) is 0 Å². The third kappa shape index (κ3) is 4.21. The predicted octanol–water partition coefficient (Wildman–Crippen LogP) is 2.82. The molecular formula is C15H25NO3S. The number of nitrogens with two attached hydrogens (primary N) is 1. The molecule has 2 N–H and O–H groups in total. The third-order valence-corrected chi connectivity index (χ3v) is 5.73. The molecule has 0 saturated heterocycles. The van der Waals surface area contributed by atoms with Gasteiger partial charge < -0.3 is 10.5 Å². The molecule has 2 unspecified atom stereocenters. The first-order valence-corrected chi connectivity index (χ1v) is 8.76. The van der Waals surface area contributed by atoms with Gasteiger partial charge in [-0.15, -0.1) is 0 Å². The van der Waals surface area contributed by atoms with Gasteiger partial charge in [0.1, 0.15) is 5.75 Å². The van der Waals surface area contributed by atoms with Gasteiger partial charge in [-0.2, -0.15) is 0 Å². The first kappa shape index (κ1) is 17.0. The molecule has 0 aliphatic rings. The maximum Gasteiger partial charge on any atom is 0.157 e. The molecule has 1 aromatic rings. The van der Waals surface area contributed by atoms with Crippen molar-refractivity contribution >= 4 is 9.84 Å². The summed E-state index contributed by atoms with van der Waals surface area (Å²) >= 11 is 0. The number of sulfone groups is 1. The fraction of sp³-hybridized carbons (Fsp3) is 0.600. The van der Waals surface area contributed by atoms with Gasteiger partial charge in [0.25, 0.3) is 0 Å². The van der Waals surface area contributed by atoms with E-state index >= 15 is 0 Å². The van der Waals surface area contributed by atoms with Crippen LogP contribution in [0.3, 0.4) is 0 Å². The molecule has 1 rings (SSSR count). The number of rotatable bonds is 7. The van der Waals surface area contributed by atoms with Gasteiger partial charge in [0.05, 0.1) is 17.6 Å². The second-order valence-electron chi connectivity index (χ2n) is 5.11. The Hall–Kier alpha value is -1.07. The lowest BCUT2D eigenvalue weighted by molar-refractivity contribution is 0.337. The molecule has 4 nitrogen and oxygen atoms in total. The monoisotopic (exact) mass is 299 g/mol. The van der Waals surface area contributed by atoms with Crippen LogP contribution in [0.15, 0.2) is 18.2 Å². The second-order valence-corrected chi connectivity index (χ2v) is 7.53. The minimum Gasteiger partial charge on any atom is -0.494 e. The van der Waals surface area contributed by atoms with Crippen LogP contribution in [-0.2, 0) is 15.6 Å². The van der Waals surface area contributed by atoms with E-state index in [0.717, 1.165) is 5.56 Å². The molecule has 0 aliphatic heterocycles. The van der Waals surface area contributed by atoms with E-state index in [9.17, 15) is 8.42 Å². The fourth-order valence-electron chi connectivity index (χ4n) is 1.90. The molecule has 0 radical (unpaired) electrons. The van der Waals surface area contributed by atoms with Crippen LogP contribution in [0.2, 0.25) is 0 Å². The zero-order valence-electron chi connectivity index (χ0n) is 12.7. The van der Waals surface area contributed by atoms with Gasteiger partial charge in [-0.05, 0) is 44.9 Å². The van der Waals surface area contributed by atoms with Crippen molar-refractivity contribution in [1.29, 1.82) is 0 Å². The zero-order valence-corrected chi connectivity index (χ0v) is 13.5. The van der Waals surface area contributed by atoms with Crippen LogP contribution in [0.4, 0.5) is 0 Å². The summed E-state index contributed by atoms with van der Waals surface area (Å²) in [6, 6.07) is 5.41. The molecule has 20 heavy (non-hydrogen) atoms. The Morgan fingerprint density at radius 1 is 1.25 bits per heavy atom. The van der Waals surface area contributed by atoms with Crippen molar-refractivity contribution in [3.63, 3.8) is 0 Å². The maximum atomic E-state index is 12.3. The fourth-order valence-corrected chi connectivity index (χ4v) is 3.36. The molecular weight excluding hydrogens is 274 g/mol. The summed E-state index contributed by atoms with van der Waals surface area (Å²) in [5, 5.41) is -0.351. The van der Waals surface area contributed by atoms with E-state index in [-0.39, 0.29) is 17.0 Å². The van der Waals surface area contributed by atoms with Crippen molar-refractivity contribution in [2.24, 2.45) is 5.73 Å². The molecule has 0 fully saturated rings. The van der Waals surface area contributed by atoms with Gasteiger partial charge in [0.15, 0.2) is 9.84 Å². The topological polar surface area (TPSA) is 69.4 Å². The first-order chi connectivity index (χ1) is 9.31. The summed E-state index contributed by atoms with van der Waals surface area (Å²) in [4.78, 5) is 0. The lowest BCUT2D eigenvalue weighted by Gasteiger charge is -2.16. The third-order valence-electron chi connectivity index (χ3n) is 3.45. The number of benzene rings is 1. The van der Waals surface area contributed by atoms with E-state index in [1.807, 2.05) is 39.0 Å². The summed E-state index contributed by atoms with van der Waals surface area (Å²) in [6.07, 6.45) is 0.610. The normalized spacial score (nSPS) is 14.8. The average molecular weight is 299 g/mol. The van der Waals surface area contributed by atoms with Gasteiger partial charge in [-0.1, -0.05) is 13.0 Å². The van der Waals surface area contributed by atoms with Crippen molar-refractivity contribution in [2.75, 3.05) is 6.61 Å². The Balaban J connectivity index is 3.16. The molecule has 0 bridgehead atoms. The highest BCUT2D eigenvalue weighted by atomic mass is 32.2. The summed E-state index contributed by atoms with van der Waals surface area (Å²) in [5.74, 6) is 0.626. The molecule has 0 saturated carbocycles. The van der Waals surface area contributed by atoms with Crippen LogP contribution in [0.25, 0.3) is 0 Å². The molecule has 0 amide bonds. The largest absolute Gasteiger partial charge is 0.494 e. The van der Waals surface area contributed by atoms with E-state index in [4.69, 9.17) is 10.5 Å². The van der Waals surface area contributed by atoms with Gasteiger partial charge >= 0.3 is 0 Å². The van der Waals surface area contributed by atoms with Crippen molar-refractivity contribution in [3.8, 4) is 5.75 Å². The minimum atomic E-state index is -3.17. The molecule has 5 heteroatoms. The highest BCUT2D eigenvalue weighted by molar-refractivity contribution is 7.91. The van der Waals surface area contributed by atoms with Crippen molar-refractivity contribution < 1.29 is 13.2 Å². The smallest absolute Gasteiger partial charge is 0.157 e. The van der Waals surface area contributed by atoms with Gasteiger partial charge in [0, 0.05) is 11.6 Å². The molecule has 0 heterocycles. The first-order valence-electron chi connectivity index (χ1n) is 7.04. The Morgan fingerprint density at radius 2 is 1.90 bits per heavy atom. The Kier molecular flexibility index (Phi) is 6.02. The van der Waals surface area contributed by atoms with Crippen LogP contribution in [-0.4, -0.2) is 20.3 Å². The van der Waals surface area contributed by atoms with Crippen molar-refractivity contribution in [2.45, 2.75) is 51.2 Å². The summed E-state index contributed by atoms with van der Waals surface area (Å²) < 4.78 is 30.1. The van der Waals surface area contributed by atoms with E-state index < -0.39 is 9.84 Å². The average Bonchev–Trinajstić information content (AvgIpc) is 2.39. The van der Waals surface area contributed by atoms with Crippen LogP contribution in [0.1, 0.15) is 51.3 Å². The molecule has 1 aromatic carbocycles. The summed E-state index contributed by atoms with van der Waals surface area (Å²) in [7, 11) is -3.17. The predicted molar refractivity (Wildman–Crippen MR) is 82.6 cm³/mol. The van der Waals surface area contributed by atoms with E-state index in [2.05, 4.69) is 0 Å². The standard InChI is InChI=1S/C15H25NO3S/c1-5-11(3)20(17,18)10-14-9-13(12(4)16)7-8-15(14)19-6-2/h7-9,11-12H,5-6,10,16H2,1-4H3. The van der Waals surface area contributed by atoms with Crippen LogP contribution in [0, 0.1) is 0 Å². The highest BCUT2D eigenvalue weighted by Crippen LogP contribution is 2.26. The number of hydrogen-bond acceptors (Lipinski definition) is 4. The van der Waals surface area contributed by atoms with Crippen LogP contribution >= 0.6 is 0 Å². The summed E-state index contributed by atoms with van der Waals surface area (Å²) in [5.41, 5.74) is 7.48. The number of hydrogen-bond donors (Lipinski definition) is 1. The van der Waals surface area contributed by atoms with Crippen LogP contribution < -0.4 is 10.5 Å². The lowest BCUT2D eigenvalue weighted by atomic mass is 10.1. The van der Waals surface area contributed by atoms with E-state index in [0.29, 0.717) is 24.3 Å². The Morgan fingerprint density at radius 3 is 2.40 bits per heavy atom. The van der Waals surface area contributed by atoms with E-state index in [1.54, 1.807) is 6.92 Å². The molecule has 0 aliphatic carbocycles.